The van der Waals surface area contributed by atoms with E-state index in [0.717, 1.165) is 31.4 Å². The van der Waals surface area contributed by atoms with Crippen LogP contribution in [0.4, 0.5) is 10.2 Å². The molecular formula is C20H22FN3O4. The number of nitrogen functional groups attached to an aromatic ring is 1. The van der Waals surface area contributed by atoms with Gasteiger partial charge in [0, 0.05) is 24.3 Å². The average Bonchev–Trinajstić information content (AvgIpc) is 3.16. The summed E-state index contributed by atoms with van der Waals surface area (Å²) in [6.07, 6.45) is 5.03. The standard InChI is InChI=1S/C20H22FN3O4/c1-26-19(25)14-3-2-13(10-15(14)21)17-18(22)23-11-16(24-17)12-4-6-20(7-5-12)27-8-9-28-20/h2-3,10-12H,4-9H2,1H3,(H2,22,23). The number of nitrogens with zero attached hydrogens (tertiary/aromatic N) is 2. The Morgan fingerprint density at radius 3 is 2.64 bits per heavy atom. The Balaban J connectivity index is 1.58. The van der Waals surface area contributed by atoms with E-state index in [0.29, 0.717) is 24.5 Å². The Kier molecular flexibility index (Phi) is 4.99. The second-order valence-electron chi connectivity index (χ2n) is 7.10. The van der Waals surface area contributed by atoms with Crippen molar-refractivity contribution in [2.75, 3.05) is 26.1 Å². The topological polar surface area (TPSA) is 96.6 Å². The number of rotatable bonds is 3. The first-order valence-corrected chi connectivity index (χ1v) is 9.30. The number of benzene rings is 1. The van der Waals surface area contributed by atoms with Gasteiger partial charge in [0.15, 0.2) is 5.79 Å². The molecule has 2 fully saturated rings. The van der Waals surface area contributed by atoms with Gasteiger partial charge in [-0.05, 0) is 25.0 Å². The lowest BCUT2D eigenvalue weighted by Gasteiger charge is -2.35. The summed E-state index contributed by atoms with van der Waals surface area (Å²) >= 11 is 0. The van der Waals surface area contributed by atoms with Gasteiger partial charge in [-0.15, -0.1) is 0 Å². The maximum Gasteiger partial charge on any atom is 0.340 e. The molecule has 0 unspecified atom stereocenters. The molecule has 1 aromatic carbocycles. The van der Waals surface area contributed by atoms with Gasteiger partial charge in [0.25, 0.3) is 0 Å². The van der Waals surface area contributed by atoms with E-state index in [1.165, 1.54) is 19.2 Å². The first-order chi connectivity index (χ1) is 13.5. The summed E-state index contributed by atoms with van der Waals surface area (Å²) in [5.41, 5.74) is 7.54. The van der Waals surface area contributed by atoms with Gasteiger partial charge in [-0.2, -0.15) is 0 Å². The van der Waals surface area contributed by atoms with Gasteiger partial charge in [0.1, 0.15) is 17.3 Å². The molecule has 2 N–H and O–H groups in total. The van der Waals surface area contributed by atoms with Gasteiger partial charge in [0.2, 0.25) is 0 Å². The number of aromatic nitrogens is 2. The molecule has 1 aliphatic heterocycles. The molecule has 1 saturated carbocycles. The monoisotopic (exact) mass is 387 g/mol. The highest BCUT2D eigenvalue weighted by atomic mass is 19.1. The van der Waals surface area contributed by atoms with E-state index < -0.39 is 17.6 Å². The zero-order chi connectivity index (χ0) is 19.7. The van der Waals surface area contributed by atoms with E-state index in [2.05, 4.69) is 14.7 Å². The number of carbonyl (C=O) groups is 1. The van der Waals surface area contributed by atoms with E-state index in [9.17, 15) is 9.18 Å². The van der Waals surface area contributed by atoms with Gasteiger partial charge in [-0.25, -0.2) is 19.2 Å². The minimum absolute atomic E-state index is 0.136. The molecule has 0 bridgehead atoms. The summed E-state index contributed by atoms with van der Waals surface area (Å²) in [6.45, 7) is 1.28. The van der Waals surface area contributed by atoms with Crippen LogP contribution in [0.1, 0.15) is 47.7 Å². The van der Waals surface area contributed by atoms with Crippen LogP contribution in [0.3, 0.4) is 0 Å². The van der Waals surface area contributed by atoms with Gasteiger partial charge < -0.3 is 19.9 Å². The van der Waals surface area contributed by atoms with Crippen molar-refractivity contribution in [3.8, 4) is 11.3 Å². The fraction of sp³-hybridized carbons (Fsp3) is 0.450. The van der Waals surface area contributed by atoms with Crippen molar-refractivity contribution in [2.45, 2.75) is 37.4 Å². The van der Waals surface area contributed by atoms with Crippen LogP contribution in [0, 0.1) is 5.82 Å². The number of carbonyl (C=O) groups excluding carboxylic acids is 1. The van der Waals surface area contributed by atoms with Gasteiger partial charge in [-0.3, -0.25) is 0 Å². The van der Waals surface area contributed by atoms with Gasteiger partial charge in [-0.1, -0.05) is 6.07 Å². The van der Waals surface area contributed by atoms with Crippen molar-refractivity contribution in [3.63, 3.8) is 0 Å². The molecule has 2 aliphatic rings. The third-order valence-corrected chi connectivity index (χ3v) is 5.45. The molecule has 7 nitrogen and oxygen atoms in total. The van der Waals surface area contributed by atoms with Crippen LogP contribution in [0.2, 0.25) is 0 Å². The van der Waals surface area contributed by atoms with Crippen molar-refractivity contribution >= 4 is 11.8 Å². The lowest BCUT2D eigenvalue weighted by molar-refractivity contribution is -0.178. The number of ether oxygens (including phenoxy) is 3. The van der Waals surface area contributed by atoms with E-state index in [-0.39, 0.29) is 17.3 Å². The zero-order valence-corrected chi connectivity index (χ0v) is 15.6. The summed E-state index contributed by atoms with van der Waals surface area (Å²) in [7, 11) is 1.21. The predicted octanol–water partition coefficient (Wildman–Crippen LogP) is 3.05. The van der Waals surface area contributed by atoms with Crippen molar-refractivity contribution in [2.24, 2.45) is 0 Å². The van der Waals surface area contributed by atoms with Crippen LogP contribution in [0.5, 0.6) is 0 Å². The highest BCUT2D eigenvalue weighted by Crippen LogP contribution is 2.42. The van der Waals surface area contributed by atoms with Gasteiger partial charge >= 0.3 is 5.97 Å². The molecule has 2 aromatic rings. The Hall–Kier alpha value is -2.58. The average molecular weight is 387 g/mol. The summed E-state index contributed by atoms with van der Waals surface area (Å²) in [5.74, 6) is -1.43. The van der Waals surface area contributed by atoms with Crippen LogP contribution in [-0.2, 0) is 14.2 Å². The summed E-state index contributed by atoms with van der Waals surface area (Å²) in [5, 5.41) is 0. The molecular weight excluding hydrogens is 365 g/mol. The quantitative estimate of drug-likeness (QED) is 0.809. The lowest BCUT2D eigenvalue weighted by atomic mass is 9.83. The van der Waals surface area contributed by atoms with Crippen molar-refractivity contribution in [3.05, 3.63) is 41.5 Å². The fourth-order valence-corrected chi connectivity index (χ4v) is 3.90. The van der Waals surface area contributed by atoms with Crippen LogP contribution < -0.4 is 5.73 Å². The van der Waals surface area contributed by atoms with Crippen LogP contribution >= 0.6 is 0 Å². The molecule has 0 radical (unpaired) electrons. The number of hydrogen-bond donors (Lipinski definition) is 1. The Morgan fingerprint density at radius 1 is 1.29 bits per heavy atom. The minimum atomic E-state index is -0.732. The molecule has 1 aliphatic carbocycles. The SMILES string of the molecule is COC(=O)c1ccc(-c2nc(C3CCC4(CC3)OCCO4)cnc2N)cc1F. The highest BCUT2D eigenvalue weighted by molar-refractivity contribution is 5.90. The Bertz CT molecular complexity index is 889. The summed E-state index contributed by atoms with van der Waals surface area (Å²) in [4.78, 5) is 20.5. The van der Waals surface area contributed by atoms with Gasteiger partial charge in [0.05, 0.1) is 37.8 Å². The van der Waals surface area contributed by atoms with Crippen LogP contribution in [0.15, 0.2) is 24.4 Å². The van der Waals surface area contributed by atoms with E-state index in [1.54, 1.807) is 12.3 Å². The zero-order valence-electron chi connectivity index (χ0n) is 15.6. The third kappa shape index (κ3) is 3.45. The number of methoxy groups -OCH3 is 1. The lowest BCUT2D eigenvalue weighted by Crippen LogP contribution is -2.34. The molecule has 8 heteroatoms. The summed E-state index contributed by atoms with van der Waals surface area (Å²) in [6, 6.07) is 4.19. The second kappa shape index (κ2) is 7.44. The molecule has 4 rings (SSSR count). The number of hydrogen-bond acceptors (Lipinski definition) is 7. The summed E-state index contributed by atoms with van der Waals surface area (Å²) < 4.78 is 30.4. The first kappa shape index (κ1) is 18.8. The number of anilines is 1. The molecule has 0 amide bonds. The smallest absolute Gasteiger partial charge is 0.340 e. The number of nitrogens with two attached hydrogens (primary N) is 1. The molecule has 0 atom stereocenters. The number of halogens is 1. The molecule has 148 valence electrons. The van der Waals surface area contributed by atoms with Crippen LogP contribution in [0.25, 0.3) is 11.3 Å². The van der Waals surface area contributed by atoms with E-state index in [4.69, 9.17) is 15.2 Å². The van der Waals surface area contributed by atoms with E-state index >= 15 is 0 Å². The molecule has 2 heterocycles. The predicted molar refractivity (Wildman–Crippen MR) is 99.0 cm³/mol. The second-order valence-corrected chi connectivity index (χ2v) is 7.10. The van der Waals surface area contributed by atoms with Crippen molar-refractivity contribution in [1.82, 2.24) is 9.97 Å². The molecule has 1 spiro atoms. The Morgan fingerprint density at radius 2 is 2.00 bits per heavy atom. The van der Waals surface area contributed by atoms with Crippen LogP contribution in [-0.4, -0.2) is 42.0 Å². The minimum Gasteiger partial charge on any atom is -0.465 e. The van der Waals surface area contributed by atoms with Crippen molar-refractivity contribution in [1.29, 1.82) is 0 Å². The molecule has 28 heavy (non-hydrogen) atoms. The number of esters is 1. The maximum absolute atomic E-state index is 14.3. The normalized spacial score (nSPS) is 19.1. The highest BCUT2D eigenvalue weighted by Gasteiger charge is 2.41. The third-order valence-electron chi connectivity index (χ3n) is 5.45. The molecule has 1 aromatic heterocycles. The van der Waals surface area contributed by atoms with E-state index in [1.807, 2.05) is 0 Å². The molecule has 1 saturated heterocycles. The Labute approximate surface area is 162 Å². The maximum atomic E-state index is 14.3. The van der Waals surface area contributed by atoms with Crippen molar-refractivity contribution < 1.29 is 23.4 Å². The fourth-order valence-electron chi connectivity index (χ4n) is 3.90. The largest absolute Gasteiger partial charge is 0.465 e. The first-order valence-electron chi connectivity index (χ1n) is 9.30.